The molecular weight excluding hydrogens is 248 g/mol. The minimum Gasteiger partial charge on any atom is -0.317 e. The molecule has 0 bridgehead atoms. The molecule has 0 amide bonds. The van der Waals surface area contributed by atoms with Gasteiger partial charge in [0.05, 0.1) is 0 Å². The lowest BCUT2D eigenvalue weighted by Crippen LogP contribution is -2.50. The monoisotopic (exact) mass is 280 g/mol. The van der Waals surface area contributed by atoms with Gasteiger partial charge in [-0.1, -0.05) is 0 Å². The summed E-state index contributed by atoms with van der Waals surface area (Å²) in [7, 11) is 2.24. The van der Waals surface area contributed by atoms with Gasteiger partial charge in [0.1, 0.15) is 0 Å². The average molecular weight is 280 g/mol. The van der Waals surface area contributed by atoms with Gasteiger partial charge < -0.3 is 10.2 Å². The fourth-order valence-electron chi connectivity index (χ4n) is 4.23. The highest BCUT2D eigenvalue weighted by Crippen LogP contribution is 2.39. The number of hydrogen-bond donors (Lipinski definition) is 1. The lowest BCUT2D eigenvalue weighted by atomic mass is 9.78. The molecule has 4 heteroatoms. The number of rotatable bonds is 3. The quantitative estimate of drug-likeness (QED) is 0.821. The molecule has 1 atom stereocenters. The van der Waals surface area contributed by atoms with E-state index < -0.39 is 0 Å². The number of piperidine rings is 1. The topological polar surface area (TPSA) is 21.8 Å². The average Bonchev–Trinajstić information content (AvgIpc) is 2.86. The highest BCUT2D eigenvalue weighted by atomic mass is 15.3. The fourth-order valence-corrected chi connectivity index (χ4v) is 4.23. The summed E-state index contributed by atoms with van der Waals surface area (Å²) in [6.07, 6.45) is 4.22. The third-order valence-electron chi connectivity index (χ3n) is 5.87. The van der Waals surface area contributed by atoms with Crippen LogP contribution in [0.4, 0.5) is 0 Å². The van der Waals surface area contributed by atoms with Gasteiger partial charge in [-0.05, 0) is 58.3 Å². The van der Waals surface area contributed by atoms with Crippen molar-refractivity contribution in [1.29, 1.82) is 0 Å². The van der Waals surface area contributed by atoms with Gasteiger partial charge in [0.2, 0.25) is 0 Å². The lowest BCUT2D eigenvalue weighted by Gasteiger charge is -2.38. The van der Waals surface area contributed by atoms with E-state index in [9.17, 15) is 0 Å². The van der Waals surface area contributed by atoms with Crippen LogP contribution >= 0.6 is 0 Å². The molecule has 3 heterocycles. The van der Waals surface area contributed by atoms with Crippen molar-refractivity contribution in [2.75, 3.05) is 66.0 Å². The first kappa shape index (κ1) is 14.8. The Morgan fingerprint density at radius 3 is 2.40 bits per heavy atom. The van der Waals surface area contributed by atoms with Crippen LogP contribution in [0.1, 0.15) is 26.2 Å². The molecule has 1 N–H and O–H groups in total. The summed E-state index contributed by atoms with van der Waals surface area (Å²) in [5, 5.41) is 3.52. The van der Waals surface area contributed by atoms with Crippen LogP contribution in [0.25, 0.3) is 0 Å². The van der Waals surface area contributed by atoms with Gasteiger partial charge in [-0.15, -0.1) is 0 Å². The molecule has 0 radical (unpaired) electrons. The summed E-state index contributed by atoms with van der Waals surface area (Å²) in [5.41, 5.74) is 0.654. The Labute approximate surface area is 124 Å². The van der Waals surface area contributed by atoms with Crippen molar-refractivity contribution in [3.05, 3.63) is 0 Å². The van der Waals surface area contributed by atoms with Crippen molar-refractivity contribution in [3.8, 4) is 0 Å². The van der Waals surface area contributed by atoms with E-state index in [1.807, 2.05) is 0 Å². The van der Waals surface area contributed by atoms with Crippen LogP contribution in [0.5, 0.6) is 0 Å². The van der Waals surface area contributed by atoms with E-state index in [4.69, 9.17) is 0 Å². The predicted molar refractivity (Wildman–Crippen MR) is 84.1 cm³/mol. The lowest BCUT2D eigenvalue weighted by molar-refractivity contribution is 0.106. The SMILES string of the molecule is CC(CN1CCN(C)CC1)N1CCC2(CCNCC2)C1. The van der Waals surface area contributed by atoms with Crippen molar-refractivity contribution in [3.63, 3.8) is 0 Å². The molecule has 0 aromatic carbocycles. The van der Waals surface area contributed by atoms with Gasteiger partial charge in [-0.3, -0.25) is 9.80 Å². The van der Waals surface area contributed by atoms with Gasteiger partial charge in [-0.25, -0.2) is 0 Å². The first-order valence-corrected chi connectivity index (χ1v) is 8.53. The second-order valence-corrected chi connectivity index (χ2v) is 7.42. The van der Waals surface area contributed by atoms with Gasteiger partial charge in [0.25, 0.3) is 0 Å². The Morgan fingerprint density at radius 2 is 1.70 bits per heavy atom. The van der Waals surface area contributed by atoms with E-state index >= 15 is 0 Å². The first-order valence-electron chi connectivity index (χ1n) is 8.53. The zero-order valence-electron chi connectivity index (χ0n) is 13.4. The molecule has 0 saturated carbocycles. The molecule has 4 nitrogen and oxygen atoms in total. The first-order chi connectivity index (χ1) is 9.67. The minimum atomic E-state index is 0.654. The molecule has 3 rings (SSSR count). The molecule has 0 aromatic rings. The van der Waals surface area contributed by atoms with E-state index in [0.717, 1.165) is 6.04 Å². The van der Waals surface area contributed by atoms with Gasteiger partial charge in [0.15, 0.2) is 0 Å². The van der Waals surface area contributed by atoms with Gasteiger partial charge >= 0.3 is 0 Å². The van der Waals surface area contributed by atoms with E-state index in [1.165, 1.54) is 78.2 Å². The van der Waals surface area contributed by atoms with Crippen molar-refractivity contribution >= 4 is 0 Å². The van der Waals surface area contributed by atoms with E-state index in [0.29, 0.717) is 5.41 Å². The van der Waals surface area contributed by atoms with Crippen LogP contribution in [-0.4, -0.2) is 86.7 Å². The largest absolute Gasteiger partial charge is 0.317 e. The smallest absolute Gasteiger partial charge is 0.0195 e. The van der Waals surface area contributed by atoms with Crippen LogP contribution in [0.15, 0.2) is 0 Å². The summed E-state index contributed by atoms with van der Waals surface area (Å²) >= 11 is 0. The van der Waals surface area contributed by atoms with Gasteiger partial charge in [0, 0.05) is 45.3 Å². The zero-order chi connectivity index (χ0) is 14.0. The molecule has 116 valence electrons. The van der Waals surface area contributed by atoms with Crippen molar-refractivity contribution in [2.24, 2.45) is 5.41 Å². The van der Waals surface area contributed by atoms with E-state index in [-0.39, 0.29) is 0 Å². The second kappa shape index (κ2) is 6.30. The Bertz CT molecular complexity index is 306. The van der Waals surface area contributed by atoms with Gasteiger partial charge in [-0.2, -0.15) is 0 Å². The molecule has 1 unspecified atom stereocenters. The van der Waals surface area contributed by atoms with Crippen molar-refractivity contribution < 1.29 is 0 Å². The molecule has 3 fully saturated rings. The second-order valence-electron chi connectivity index (χ2n) is 7.42. The maximum absolute atomic E-state index is 3.52. The number of piperazine rings is 1. The zero-order valence-corrected chi connectivity index (χ0v) is 13.4. The van der Waals surface area contributed by atoms with Crippen molar-refractivity contribution in [2.45, 2.75) is 32.2 Å². The number of likely N-dealkylation sites (tertiary alicyclic amines) is 1. The number of nitrogens with zero attached hydrogens (tertiary/aromatic N) is 3. The highest BCUT2D eigenvalue weighted by molar-refractivity contribution is 4.95. The Morgan fingerprint density at radius 1 is 1.00 bits per heavy atom. The summed E-state index contributed by atoms with van der Waals surface area (Å²) in [6.45, 7) is 13.8. The standard InChI is InChI=1S/C16H32N4/c1-15(13-19-11-9-18(2)10-12-19)20-8-5-16(14-20)3-6-17-7-4-16/h15,17H,3-14H2,1-2H3. The summed E-state index contributed by atoms with van der Waals surface area (Å²) in [5.74, 6) is 0. The third-order valence-corrected chi connectivity index (χ3v) is 5.87. The molecule has 1 spiro atoms. The molecule has 3 aliphatic heterocycles. The van der Waals surface area contributed by atoms with E-state index in [2.05, 4.69) is 34.0 Å². The van der Waals surface area contributed by atoms with Crippen molar-refractivity contribution in [1.82, 2.24) is 20.0 Å². The maximum atomic E-state index is 3.52. The number of nitrogens with one attached hydrogen (secondary N) is 1. The predicted octanol–water partition coefficient (Wildman–Crippen LogP) is 0.698. The number of likely N-dealkylation sites (N-methyl/N-ethyl adjacent to an activating group) is 1. The van der Waals surface area contributed by atoms with Crippen LogP contribution in [-0.2, 0) is 0 Å². The van der Waals surface area contributed by atoms with Crippen LogP contribution in [0.2, 0.25) is 0 Å². The Kier molecular flexibility index (Phi) is 4.65. The normalized spacial score (nSPS) is 30.9. The molecule has 3 saturated heterocycles. The summed E-state index contributed by atoms with van der Waals surface area (Å²) < 4.78 is 0. The molecule has 20 heavy (non-hydrogen) atoms. The molecule has 3 aliphatic rings. The van der Waals surface area contributed by atoms with Crippen LogP contribution < -0.4 is 5.32 Å². The highest BCUT2D eigenvalue weighted by Gasteiger charge is 2.40. The van der Waals surface area contributed by atoms with Crippen LogP contribution in [0, 0.1) is 5.41 Å². The number of hydrogen-bond acceptors (Lipinski definition) is 4. The maximum Gasteiger partial charge on any atom is 0.0195 e. The molecular formula is C16H32N4. The van der Waals surface area contributed by atoms with Crippen LogP contribution in [0.3, 0.4) is 0 Å². The Hall–Kier alpha value is -0.160. The summed E-state index contributed by atoms with van der Waals surface area (Å²) in [4.78, 5) is 7.88. The third kappa shape index (κ3) is 3.35. The fraction of sp³-hybridized carbons (Fsp3) is 1.00. The minimum absolute atomic E-state index is 0.654. The molecule has 0 aromatic heterocycles. The van der Waals surface area contributed by atoms with E-state index in [1.54, 1.807) is 0 Å². The Balaban J connectivity index is 1.47. The summed E-state index contributed by atoms with van der Waals surface area (Å²) in [6, 6.07) is 0.729. The molecule has 0 aliphatic carbocycles.